The normalized spacial score (nSPS) is 20.3. The molecule has 132 valence electrons. The molecule has 2 unspecified atom stereocenters. The molecule has 6 nitrogen and oxygen atoms in total. The van der Waals surface area contributed by atoms with Gasteiger partial charge in [0.1, 0.15) is 11.9 Å². The van der Waals surface area contributed by atoms with Gasteiger partial charge in [0.25, 0.3) is 5.91 Å². The van der Waals surface area contributed by atoms with Crippen molar-refractivity contribution in [1.29, 1.82) is 0 Å². The van der Waals surface area contributed by atoms with Gasteiger partial charge in [0, 0.05) is 6.92 Å². The van der Waals surface area contributed by atoms with Gasteiger partial charge in [0.05, 0.1) is 25.7 Å². The Hall–Kier alpha value is -2.60. The number of amides is 2. The molecule has 0 bridgehead atoms. The van der Waals surface area contributed by atoms with Gasteiger partial charge < -0.3 is 19.4 Å². The molecule has 2 amide bonds. The van der Waals surface area contributed by atoms with E-state index in [1.165, 1.54) is 6.92 Å². The maximum absolute atomic E-state index is 12.8. The van der Waals surface area contributed by atoms with Crippen molar-refractivity contribution < 1.29 is 18.7 Å². The van der Waals surface area contributed by atoms with E-state index in [9.17, 15) is 9.59 Å². The Bertz CT molecular complexity index is 741. The summed E-state index contributed by atoms with van der Waals surface area (Å²) in [4.78, 5) is 25.6. The summed E-state index contributed by atoms with van der Waals surface area (Å²) in [6, 6.07) is 13.2. The lowest BCUT2D eigenvalue weighted by molar-refractivity contribution is -0.119. The zero-order valence-corrected chi connectivity index (χ0v) is 14.4. The highest BCUT2D eigenvalue weighted by Crippen LogP contribution is 2.26. The fourth-order valence-electron chi connectivity index (χ4n) is 2.85. The van der Waals surface area contributed by atoms with Crippen LogP contribution < -0.4 is 5.32 Å². The van der Waals surface area contributed by atoms with Gasteiger partial charge in [-0.2, -0.15) is 0 Å². The van der Waals surface area contributed by atoms with E-state index in [-0.39, 0.29) is 36.3 Å². The van der Waals surface area contributed by atoms with Crippen LogP contribution in [-0.4, -0.2) is 35.9 Å². The van der Waals surface area contributed by atoms with Crippen molar-refractivity contribution >= 4 is 11.8 Å². The second kappa shape index (κ2) is 7.53. The lowest BCUT2D eigenvalue weighted by Crippen LogP contribution is -2.48. The number of benzene rings is 1. The van der Waals surface area contributed by atoms with Gasteiger partial charge in [-0.05, 0) is 24.6 Å². The van der Waals surface area contributed by atoms with Crippen LogP contribution in [-0.2, 0) is 16.1 Å². The molecular weight excluding hydrogens is 320 g/mol. The summed E-state index contributed by atoms with van der Waals surface area (Å²) in [5.74, 6) is 0.530. The maximum Gasteiger partial charge on any atom is 0.289 e. The summed E-state index contributed by atoms with van der Waals surface area (Å²) in [6.07, 6.45) is -0.143. The lowest BCUT2D eigenvalue weighted by atomic mass is 10.1. The molecule has 1 aliphatic rings. The van der Waals surface area contributed by atoms with Gasteiger partial charge >= 0.3 is 0 Å². The van der Waals surface area contributed by atoms with E-state index >= 15 is 0 Å². The van der Waals surface area contributed by atoms with E-state index in [0.717, 1.165) is 5.56 Å². The molecule has 1 aromatic carbocycles. The Morgan fingerprint density at radius 1 is 1.20 bits per heavy atom. The van der Waals surface area contributed by atoms with Crippen LogP contribution in [0.1, 0.15) is 41.8 Å². The summed E-state index contributed by atoms with van der Waals surface area (Å²) in [5, 5.41) is 2.65. The zero-order chi connectivity index (χ0) is 17.8. The molecular formula is C19H22N2O4. The van der Waals surface area contributed by atoms with Crippen LogP contribution in [0, 0.1) is 0 Å². The molecule has 6 heteroatoms. The molecule has 2 heterocycles. The fraction of sp³-hybridized carbons (Fsp3) is 0.368. The Labute approximate surface area is 146 Å². The van der Waals surface area contributed by atoms with Crippen molar-refractivity contribution in [3.05, 3.63) is 59.5 Å². The number of hydrogen-bond acceptors (Lipinski definition) is 4. The minimum atomic E-state index is -0.161. The third kappa shape index (κ3) is 4.09. The van der Waals surface area contributed by atoms with E-state index in [4.69, 9.17) is 9.15 Å². The van der Waals surface area contributed by atoms with Crippen LogP contribution in [0.3, 0.4) is 0 Å². The van der Waals surface area contributed by atoms with Crippen molar-refractivity contribution in [2.24, 2.45) is 0 Å². The molecule has 0 spiro atoms. The van der Waals surface area contributed by atoms with Gasteiger partial charge in [0.2, 0.25) is 5.91 Å². The van der Waals surface area contributed by atoms with E-state index in [1.54, 1.807) is 17.0 Å². The van der Waals surface area contributed by atoms with E-state index < -0.39 is 0 Å². The highest BCUT2D eigenvalue weighted by molar-refractivity contribution is 5.91. The Morgan fingerprint density at radius 2 is 1.96 bits per heavy atom. The summed E-state index contributed by atoms with van der Waals surface area (Å²) < 4.78 is 11.5. The van der Waals surface area contributed by atoms with E-state index in [2.05, 4.69) is 5.32 Å². The molecule has 2 aromatic rings. The molecule has 1 N–H and O–H groups in total. The number of carbonyl (C=O) groups excluding carboxylic acids is 2. The van der Waals surface area contributed by atoms with Crippen molar-refractivity contribution in [2.45, 2.75) is 32.5 Å². The number of ether oxygens (including phenoxy) is 1. The molecule has 0 saturated carbocycles. The zero-order valence-electron chi connectivity index (χ0n) is 14.4. The number of rotatable bonds is 4. The summed E-state index contributed by atoms with van der Waals surface area (Å²) in [6.45, 7) is 4.62. The second-order valence-electron chi connectivity index (χ2n) is 6.21. The van der Waals surface area contributed by atoms with Crippen LogP contribution >= 0.6 is 0 Å². The quantitative estimate of drug-likeness (QED) is 0.927. The molecule has 2 atom stereocenters. The van der Waals surface area contributed by atoms with Crippen LogP contribution in [0.25, 0.3) is 0 Å². The Kier molecular flexibility index (Phi) is 5.19. The third-order valence-electron chi connectivity index (χ3n) is 4.25. The maximum atomic E-state index is 12.8. The molecule has 1 aromatic heterocycles. The highest BCUT2D eigenvalue weighted by Gasteiger charge is 2.32. The first-order valence-corrected chi connectivity index (χ1v) is 8.35. The number of nitrogens with zero attached hydrogens (tertiary/aromatic N) is 1. The number of hydrogen-bond donors (Lipinski definition) is 1. The molecule has 25 heavy (non-hydrogen) atoms. The number of carbonyl (C=O) groups is 2. The molecule has 0 aliphatic carbocycles. The summed E-state index contributed by atoms with van der Waals surface area (Å²) in [5.41, 5.74) is 1.05. The van der Waals surface area contributed by atoms with E-state index in [0.29, 0.717) is 18.9 Å². The van der Waals surface area contributed by atoms with Crippen LogP contribution in [0.4, 0.5) is 0 Å². The summed E-state index contributed by atoms with van der Waals surface area (Å²) in [7, 11) is 0. The smallest absolute Gasteiger partial charge is 0.289 e. The van der Waals surface area contributed by atoms with Crippen molar-refractivity contribution in [2.75, 3.05) is 13.2 Å². The second-order valence-corrected chi connectivity index (χ2v) is 6.21. The monoisotopic (exact) mass is 342 g/mol. The standard InChI is InChI=1S/C19H22N2O4/c1-13-12-24-18(15-6-4-3-5-7-15)11-21(13)19(23)17-9-8-16(25-17)10-20-14(2)22/h3-9,13,18H,10-12H2,1-2H3,(H,20,22). The van der Waals surface area contributed by atoms with Crippen LogP contribution in [0.5, 0.6) is 0 Å². The summed E-state index contributed by atoms with van der Waals surface area (Å²) >= 11 is 0. The SMILES string of the molecule is CC(=O)NCc1ccc(C(=O)N2CC(c3ccccc3)OCC2C)o1. The molecule has 0 radical (unpaired) electrons. The fourth-order valence-corrected chi connectivity index (χ4v) is 2.85. The average molecular weight is 342 g/mol. The number of nitrogens with one attached hydrogen (secondary N) is 1. The van der Waals surface area contributed by atoms with Gasteiger partial charge in [-0.1, -0.05) is 30.3 Å². The highest BCUT2D eigenvalue weighted by atomic mass is 16.5. The minimum Gasteiger partial charge on any atom is -0.454 e. The van der Waals surface area contributed by atoms with Crippen molar-refractivity contribution in [3.8, 4) is 0 Å². The topological polar surface area (TPSA) is 71.8 Å². The first-order chi connectivity index (χ1) is 12.0. The van der Waals surface area contributed by atoms with Gasteiger partial charge in [-0.15, -0.1) is 0 Å². The van der Waals surface area contributed by atoms with Gasteiger partial charge in [-0.25, -0.2) is 0 Å². The van der Waals surface area contributed by atoms with Crippen molar-refractivity contribution in [1.82, 2.24) is 10.2 Å². The van der Waals surface area contributed by atoms with Gasteiger partial charge in [-0.3, -0.25) is 9.59 Å². The Balaban J connectivity index is 1.70. The van der Waals surface area contributed by atoms with Gasteiger partial charge in [0.15, 0.2) is 5.76 Å². The Morgan fingerprint density at radius 3 is 2.68 bits per heavy atom. The molecule has 1 saturated heterocycles. The largest absolute Gasteiger partial charge is 0.454 e. The van der Waals surface area contributed by atoms with Crippen molar-refractivity contribution in [3.63, 3.8) is 0 Å². The molecule has 1 aliphatic heterocycles. The number of morpholine rings is 1. The predicted molar refractivity (Wildman–Crippen MR) is 91.9 cm³/mol. The average Bonchev–Trinajstić information content (AvgIpc) is 3.09. The van der Waals surface area contributed by atoms with Crippen LogP contribution in [0.15, 0.2) is 46.9 Å². The number of furan rings is 1. The minimum absolute atomic E-state index is 0.0312. The predicted octanol–water partition coefficient (Wildman–Crippen LogP) is 2.52. The van der Waals surface area contributed by atoms with Crippen LogP contribution in [0.2, 0.25) is 0 Å². The van der Waals surface area contributed by atoms with E-state index in [1.807, 2.05) is 37.3 Å². The first-order valence-electron chi connectivity index (χ1n) is 8.35. The lowest BCUT2D eigenvalue weighted by Gasteiger charge is -2.37. The third-order valence-corrected chi connectivity index (χ3v) is 4.25. The molecule has 1 fully saturated rings. The molecule has 3 rings (SSSR count). The first kappa shape index (κ1) is 17.2.